The molecular formula is C12H15N3O. The summed E-state index contributed by atoms with van der Waals surface area (Å²) in [5.74, 6) is 0. The third-order valence-electron chi connectivity index (χ3n) is 2.27. The number of nitrogens with zero attached hydrogens (tertiary/aromatic N) is 3. The van der Waals surface area contributed by atoms with E-state index in [9.17, 15) is 0 Å². The minimum Gasteiger partial charge on any atom is -0.392 e. The summed E-state index contributed by atoms with van der Waals surface area (Å²) >= 11 is 0. The van der Waals surface area contributed by atoms with Crippen LogP contribution in [-0.2, 0) is 6.61 Å². The summed E-state index contributed by atoms with van der Waals surface area (Å²) in [4.78, 5) is 2.68. The lowest BCUT2D eigenvalue weighted by molar-refractivity contribution is 0.282. The summed E-state index contributed by atoms with van der Waals surface area (Å²) in [5, 5.41) is 12.4. The van der Waals surface area contributed by atoms with Crippen molar-refractivity contribution in [1.82, 2.24) is 0 Å². The van der Waals surface area contributed by atoms with Crippen LogP contribution in [0.15, 0.2) is 29.4 Å². The predicted molar refractivity (Wildman–Crippen MR) is 64.8 cm³/mol. The van der Waals surface area contributed by atoms with E-state index in [2.05, 4.69) is 10.0 Å². The molecule has 0 bridgehead atoms. The fourth-order valence-electron chi connectivity index (χ4n) is 1.41. The molecule has 84 valence electrons. The second-order valence-electron chi connectivity index (χ2n) is 3.49. The van der Waals surface area contributed by atoms with Gasteiger partial charge in [0.2, 0.25) is 0 Å². The largest absolute Gasteiger partial charge is 0.392 e. The molecule has 0 spiro atoms. The highest BCUT2D eigenvalue weighted by Crippen LogP contribution is 2.13. The fourth-order valence-corrected chi connectivity index (χ4v) is 1.41. The zero-order valence-electron chi connectivity index (χ0n) is 9.30. The molecular weight excluding hydrogens is 202 g/mol. The van der Waals surface area contributed by atoms with E-state index in [0.717, 1.165) is 23.1 Å². The zero-order chi connectivity index (χ0) is 11.8. The van der Waals surface area contributed by atoms with E-state index in [-0.39, 0.29) is 6.61 Å². The van der Waals surface area contributed by atoms with Crippen LogP contribution in [0.4, 0.5) is 0 Å². The molecule has 0 atom stereocenters. The second-order valence-corrected chi connectivity index (χ2v) is 3.49. The molecule has 0 amide bonds. The van der Waals surface area contributed by atoms with Crippen LogP contribution in [0.25, 0.3) is 16.5 Å². The SMILES string of the molecule is Cc1cc(CO)ccc1C=CCCN=[N+]=[N-]. The van der Waals surface area contributed by atoms with Crippen LogP contribution in [0.1, 0.15) is 23.1 Å². The van der Waals surface area contributed by atoms with E-state index in [0.29, 0.717) is 6.54 Å². The molecule has 1 aromatic carbocycles. The van der Waals surface area contributed by atoms with Gasteiger partial charge in [0.15, 0.2) is 0 Å². The average Bonchev–Trinajstić information content (AvgIpc) is 2.30. The van der Waals surface area contributed by atoms with Crippen LogP contribution in [0, 0.1) is 6.92 Å². The summed E-state index contributed by atoms with van der Waals surface area (Å²) in [6, 6.07) is 5.85. The highest BCUT2D eigenvalue weighted by atomic mass is 16.3. The van der Waals surface area contributed by atoms with Gasteiger partial charge in [-0.15, -0.1) is 0 Å². The minimum atomic E-state index is 0.0711. The molecule has 0 aliphatic heterocycles. The van der Waals surface area contributed by atoms with E-state index < -0.39 is 0 Å². The van der Waals surface area contributed by atoms with Crippen LogP contribution in [0.5, 0.6) is 0 Å². The zero-order valence-corrected chi connectivity index (χ0v) is 9.30. The third kappa shape index (κ3) is 3.77. The van der Waals surface area contributed by atoms with Crippen LogP contribution in [0.2, 0.25) is 0 Å². The van der Waals surface area contributed by atoms with Crippen molar-refractivity contribution in [2.45, 2.75) is 20.0 Å². The Morgan fingerprint density at radius 1 is 1.50 bits per heavy atom. The smallest absolute Gasteiger partial charge is 0.0681 e. The Hall–Kier alpha value is -1.77. The van der Waals surface area contributed by atoms with Crippen molar-refractivity contribution in [2.24, 2.45) is 5.11 Å². The number of rotatable bonds is 5. The van der Waals surface area contributed by atoms with Gasteiger partial charge < -0.3 is 5.11 Å². The fraction of sp³-hybridized carbons (Fsp3) is 0.333. The normalized spacial score (nSPS) is 10.4. The summed E-state index contributed by atoms with van der Waals surface area (Å²) in [6.07, 6.45) is 4.73. The number of aliphatic hydroxyl groups excluding tert-OH is 1. The van der Waals surface area contributed by atoms with Crippen molar-refractivity contribution in [2.75, 3.05) is 6.54 Å². The van der Waals surface area contributed by atoms with Gasteiger partial charge in [0, 0.05) is 11.5 Å². The molecule has 0 saturated carbocycles. The van der Waals surface area contributed by atoms with Gasteiger partial charge in [-0.05, 0) is 35.6 Å². The number of aryl methyl sites for hydroxylation is 1. The first-order chi connectivity index (χ1) is 7.77. The Labute approximate surface area is 94.9 Å². The van der Waals surface area contributed by atoms with Gasteiger partial charge in [-0.3, -0.25) is 0 Å². The first-order valence-corrected chi connectivity index (χ1v) is 5.15. The standard InChI is InChI=1S/C12H15N3O/c1-10-8-11(9-16)5-6-12(10)4-2-3-7-14-15-13/h2,4-6,8,16H,3,7,9H2,1H3. The second kappa shape index (κ2) is 6.67. The maximum absolute atomic E-state index is 8.96. The molecule has 1 aromatic rings. The Kier molecular flexibility index (Phi) is 5.12. The van der Waals surface area contributed by atoms with E-state index in [4.69, 9.17) is 10.6 Å². The maximum atomic E-state index is 8.96. The van der Waals surface area contributed by atoms with Gasteiger partial charge in [0.05, 0.1) is 6.61 Å². The van der Waals surface area contributed by atoms with Crippen LogP contribution in [0.3, 0.4) is 0 Å². The number of azide groups is 1. The van der Waals surface area contributed by atoms with Gasteiger partial charge in [0.25, 0.3) is 0 Å². The summed E-state index contributed by atoms with van der Waals surface area (Å²) in [7, 11) is 0. The highest BCUT2D eigenvalue weighted by molar-refractivity contribution is 5.54. The van der Waals surface area contributed by atoms with E-state index in [1.54, 1.807) is 0 Å². The molecule has 0 fully saturated rings. The molecule has 0 aromatic heterocycles. The topological polar surface area (TPSA) is 69.0 Å². The van der Waals surface area contributed by atoms with E-state index in [1.165, 1.54) is 0 Å². The lowest BCUT2D eigenvalue weighted by Crippen LogP contribution is -1.87. The molecule has 0 aliphatic carbocycles. The van der Waals surface area contributed by atoms with Gasteiger partial charge in [-0.25, -0.2) is 0 Å². The summed E-state index contributed by atoms with van der Waals surface area (Å²) < 4.78 is 0. The van der Waals surface area contributed by atoms with E-state index >= 15 is 0 Å². The highest BCUT2D eigenvalue weighted by Gasteiger charge is 1.95. The first kappa shape index (κ1) is 12.3. The Morgan fingerprint density at radius 2 is 2.31 bits per heavy atom. The van der Waals surface area contributed by atoms with Crippen molar-refractivity contribution in [3.05, 3.63) is 51.4 Å². The minimum absolute atomic E-state index is 0.0711. The van der Waals surface area contributed by atoms with Crippen LogP contribution in [-0.4, -0.2) is 11.7 Å². The Morgan fingerprint density at radius 3 is 2.94 bits per heavy atom. The molecule has 0 heterocycles. The first-order valence-electron chi connectivity index (χ1n) is 5.15. The predicted octanol–water partition coefficient (Wildman–Crippen LogP) is 3.20. The number of hydrogen-bond acceptors (Lipinski definition) is 2. The van der Waals surface area contributed by atoms with Gasteiger partial charge in [-0.1, -0.05) is 35.5 Å². The molecule has 0 unspecified atom stereocenters. The van der Waals surface area contributed by atoms with E-state index in [1.807, 2.05) is 37.3 Å². The maximum Gasteiger partial charge on any atom is 0.0681 e. The Bertz CT molecular complexity index is 420. The van der Waals surface area contributed by atoms with Crippen molar-refractivity contribution in [3.63, 3.8) is 0 Å². The van der Waals surface area contributed by atoms with Crippen LogP contribution >= 0.6 is 0 Å². The molecule has 16 heavy (non-hydrogen) atoms. The monoisotopic (exact) mass is 217 g/mol. The molecule has 0 aliphatic rings. The lowest BCUT2D eigenvalue weighted by atomic mass is 10.0. The molecule has 4 nitrogen and oxygen atoms in total. The summed E-state index contributed by atoms with van der Waals surface area (Å²) in [5.41, 5.74) is 11.3. The van der Waals surface area contributed by atoms with Crippen LogP contribution < -0.4 is 0 Å². The average molecular weight is 217 g/mol. The van der Waals surface area contributed by atoms with Crippen molar-refractivity contribution in [3.8, 4) is 0 Å². The molecule has 1 rings (SSSR count). The van der Waals surface area contributed by atoms with Crippen molar-refractivity contribution in [1.29, 1.82) is 0 Å². The molecule has 1 N–H and O–H groups in total. The molecule has 4 heteroatoms. The molecule has 0 saturated heterocycles. The quantitative estimate of drug-likeness (QED) is 0.350. The number of hydrogen-bond donors (Lipinski definition) is 1. The summed E-state index contributed by atoms with van der Waals surface area (Å²) in [6.45, 7) is 2.56. The number of benzene rings is 1. The van der Waals surface area contributed by atoms with Gasteiger partial charge in [0.1, 0.15) is 0 Å². The lowest BCUT2D eigenvalue weighted by Gasteiger charge is -2.02. The van der Waals surface area contributed by atoms with Gasteiger partial charge in [-0.2, -0.15) is 0 Å². The van der Waals surface area contributed by atoms with Gasteiger partial charge >= 0.3 is 0 Å². The van der Waals surface area contributed by atoms with Crippen molar-refractivity contribution >= 4 is 6.08 Å². The van der Waals surface area contributed by atoms with Crippen molar-refractivity contribution < 1.29 is 5.11 Å². The Balaban J connectivity index is 2.63. The third-order valence-corrected chi connectivity index (χ3v) is 2.27. The number of aliphatic hydroxyl groups is 1. The molecule has 0 radical (unpaired) electrons.